The summed E-state index contributed by atoms with van der Waals surface area (Å²) in [6.45, 7) is 6.67. The van der Waals surface area contributed by atoms with Gasteiger partial charge in [0.15, 0.2) is 5.25 Å². The van der Waals surface area contributed by atoms with Crippen LogP contribution in [0.3, 0.4) is 0 Å². The zero-order valence-corrected chi connectivity index (χ0v) is 12.8. The van der Waals surface area contributed by atoms with Crippen molar-refractivity contribution < 1.29 is 32.8 Å². The lowest BCUT2D eigenvalue weighted by Crippen LogP contribution is -2.52. The summed E-state index contributed by atoms with van der Waals surface area (Å²) in [5.41, 5.74) is -2.05. The average Bonchev–Trinajstić information content (AvgIpc) is 2.10. The quantitative estimate of drug-likeness (QED) is 0.579. The molecule has 0 aromatic carbocycles. The van der Waals surface area contributed by atoms with Crippen molar-refractivity contribution in [2.24, 2.45) is 17.3 Å². The van der Waals surface area contributed by atoms with Crippen molar-refractivity contribution in [2.45, 2.75) is 45.8 Å². The van der Waals surface area contributed by atoms with E-state index in [1.807, 2.05) is 0 Å². The molecule has 0 aromatic heterocycles. The predicted molar refractivity (Wildman–Crippen MR) is 72.0 cm³/mol. The van der Waals surface area contributed by atoms with Crippen molar-refractivity contribution >= 4 is 22.1 Å². The molecule has 118 valence electrons. The molecule has 1 atom stereocenters. The van der Waals surface area contributed by atoms with Crippen molar-refractivity contribution in [3.63, 3.8) is 0 Å². The van der Waals surface area contributed by atoms with Crippen molar-refractivity contribution in [1.82, 2.24) is 0 Å². The Labute approximate surface area is 118 Å². The molecule has 0 aliphatic carbocycles. The first-order chi connectivity index (χ1) is 8.84. The van der Waals surface area contributed by atoms with Crippen molar-refractivity contribution in [3.8, 4) is 0 Å². The molecule has 7 nitrogen and oxygen atoms in total. The maximum Gasteiger partial charge on any atom is 0.325 e. The molecule has 0 aliphatic heterocycles. The largest absolute Gasteiger partial charge is 0.481 e. The molecule has 0 fully saturated rings. The minimum atomic E-state index is -5.04. The highest BCUT2D eigenvalue weighted by molar-refractivity contribution is 7.87. The highest BCUT2D eigenvalue weighted by atomic mass is 32.2. The zero-order valence-electron chi connectivity index (χ0n) is 12.0. The summed E-state index contributed by atoms with van der Waals surface area (Å²) in [6.07, 6.45) is -0.311. The lowest BCUT2D eigenvalue weighted by molar-refractivity contribution is -0.157. The van der Waals surface area contributed by atoms with Crippen LogP contribution in [0.15, 0.2) is 0 Å². The van der Waals surface area contributed by atoms with Crippen LogP contribution in [0.1, 0.15) is 40.5 Å². The van der Waals surface area contributed by atoms with E-state index in [2.05, 4.69) is 0 Å². The Balaban J connectivity index is 6.16. The first-order valence-electron chi connectivity index (χ1n) is 6.27. The van der Waals surface area contributed by atoms with Crippen LogP contribution in [0, 0.1) is 17.3 Å². The summed E-state index contributed by atoms with van der Waals surface area (Å²) in [7, 11) is -5.04. The maximum atomic E-state index is 11.6. The number of hydrogen-bond acceptors (Lipinski definition) is 4. The van der Waals surface area contributed by atoms with Gasteiger partial charge < -0.3 is 10.2 Å². The number of carbonyl (C=O) groups is 2. The molecule has 0 amide bonds. The fourth-order valence-corrected chi connectivity index (χ4v) is 3.81. The van der Waals surface area contributed by atoms with Gasteiger partial charge in [0.05, 0.1) is 5.41 Å². The fourth-order valence-electron chi connectivity index (χ4n) is 2.69. The topological polar surface area (TPSA) is 129 Å². The van der Waals surface area contributed by atoms with E-state index in [0.29, 0.717) is 0 Å². The molecule has 20 heavy (non-hydrogen) atoms. The van der Waals surface area contributed by atoms with Gasteiger partial charge in [-0.2, -0.15) is 8.42 Å². The van der Waals surface area contributed by atoms with E-state index in [9.17, 15) is 27.7 Å². The summed E-state index contributed by atoms with van der Waals surface area (Å²) in [4.78, 5) is 22.9. The molecule has 8 heteroatoms. The molecule has 0 aliphatic rings. The van der Waals surface area contributed by atoms with Gasteiger partial charge in [-0.1, -0.05) is 27.7 Å². The third-order valence-electron chi connectivity index (χ3n) is 2.99. The molecule has 0 spiro atoms. The van der Waals surface area contributed by atoms with Crippen LogP contribution in [-0.2, 0) is 19.7 Å². The minimum absolute atomic E-state index is 0.155. The lowest BCUT2D eigenvalue weighted by Gasteiger charge is -2.35. The van der Waals surface area contributed by atoms with Crippen LogP contribution in [0.5, 0.6) is 0 Å². The second kappa shape index (κ2) is 6.53. The number of rotatable bonds is 8. The van der Waals surface area contributed by atoms with Crippen molar-refractivity contribution in [1.29, 1.82) is 0 Å². The Kier molecular flexibility index (Phi) is 6.16. The van der Waals surface area contributed by atoms with E-state index < -0.39 is 32.7 Å². The van der Waals surface area contributed by atoms with Crippen molar-refractivity contribution in [2.75, 3.05) is 0 Å². The van der Waals surface area contributed by atoms with Crippen LogP contribution < -0.4 is 0 Å². The van der Waals surface area contributed by atoms with Gasteiger partial charge in [0, 0.05) is 0 Å². The molecular formula is C12H22O7S. The van der Waals surface area contributed by atoms with Gasteiger partial charge in [0.25, 0.3) is 10.1 Å². The average molecular weight is 310 g/mol. The van der Waals surface area contributed by atoms with Gasteiger partial charge in [-0.05, 0) is 24.7 Å². The number of carboxylic acids is 2. The lowest BCUT2D eigenvalue weighted by atomic mass is 9.71. The smallest absolute Gasteiger partial charge is 0.325 e. The first-order valence-corrected chi connectivity index (χ1v) is 7.77. The number of carboxylic acid groups (broad SMARTS) is 2. The molecular weight excluding hydrogens is 288 g/mol. The highest BCUT2D eigenvalue weighted by Crippen LogP contribution is 2.40. The van der Waals surface area contributed by atoms with E-state index in [0.717, 1.165) is 0 Å². The van der Waals surface area contributed by atoms with Crippen LogP contribution in [0.4, 0.5) is 0 Å². The fraction of sp³-hybridized carbons (Fsp3) is 0.833. The molecule has 0 heterocycles. The third-order valence-corrected chi connectivity index (χ3v) is 4.24. The van der Waals surface area contributed by atoms with E-state index in [1.54, 1.807) is 27.7 Å². The Morgan fingerprint density at radius 2 is 1.35 bits per heavy atom. The standard InChI is InChI=1S/C12H22O7S/c1-7(2)5-12(11(15)16,6-8(3)4)9(10(13)14)20(17,18)19/h7-9H,5-6H2,1-4H3,(H,13,14)(H,15,16)(H,17,18,19). The van der Waals surface area contributed by atoms with E-state index in [4.69, 9.17) is 5.11 Å². The Morgan fingerprint density at radius 3 is 1.50 bits per heavy atom. The van der Waals surface area contributed by atoms with Crippen LogP contribution >= 0.6 is 0 Å². The monoisotopic (exact) mass is 310 g/mol. The highest BCUT2D eigenvalue weighted by Gasteiger charge is 2.56. The third kappa shape index (κ3) is 4.45. The molecule has 0 rings (SSSR count). The van der Waals surface area contributed by atoms with Gasteiger partial charge in [0.1, 0.15) is 0 Å². The van der Waals surface area contributed by atoms with Crippen LogP contribution in [0.25, 0.3) is 0 Å². The van der Waals surface area contributed by atoms with E-state index in [-0.39, 0.29) is 24.7 Å². The molecule has 3 N–H and O–H groups in total. The summed E-state index contributed by atoms with van der Waals surface area (Å²) in [5.74, 6) is -3.86. The molecule has 0 radical (unpaired) electrons. The van der Waals surface area contributed by atoms with E-state index in [1.165, 1.54) is 0 Å². The minimum Gasteiger partial charge on any atom is -0.481 e. The van der Waals surface area contributed by atoms with Crippen LogP contribution in [-0.4, -0.2) is 40.4 Å². The zero-order chi connectivity index (χ0) is 16.3. The van der Waals surface area contributed by atoms with Gasteiger partial charge >= 0.3 is 11.9 Å². The molecule has 0 aromatic rings. The van der Waals surface area contributed by atoms with Crippen molar-refractivity contribution in [3.05, 3.63) is 0 Å². The summed E-state index contributed by atoms with van der Waals surface area (Å²) < 4.78 is 32.0. The maximum absolute atomic E-state index is 11.6. The summed E-state index contributed by atoms with van der Waals surface area (Å²) >= 11 is 0. The van der Waals surface area contributed by atoms with Gasteiger partial charge in [-0.15, -0.1) is 0 Å². The molecule has 0 bridgehead atoms. The SMILES string of the molecule is CC(C)CC(CC(C)C)(C(=O)O)C(C(=O)O)S(=O)(=O)O. The van der Waals surface area contributed by atoms with Gasteiger partial charge in [0.2, 0.25) is 0 Å². The number of aliphatic carboxylic acids is 2. The second-order valence-corrected chi connectivity index (χ2v) is 7.39. The molecule has 1 unspecified atom stereocenters. The van der Waals surface area contributed by atoms with Crippen LogP contribution in [0.2, 0.25) is 0 Å². The number of hydrogen-bond donors (Lipinski definition) is 3. The van der Waals surface area contributed by atoms with E-state index >= 15 is 0 Å². The first kappa shape index (κ1) is 18.9. The Morgan fingerprint density at radius 1 is 1.00 bits per heavy atom. The second-order valence-electron chi connectivity index (χ2n) is 5.89. The molecule has 0 saturated carbocycles. The predicted octanol–water partition coefficient (Wildman–Crippen LogP) is 1.49. The Bertz CT molecular complexity index is 454. The normalized spacial score (nSPS) is 14.6. The molecule has 0 saturated heterocycles. The summed E-state index contributed by atoms with van der Waals surface area (Å²) in [6, 6.07) is 0. The Hall–Kier alpha value is -1.15. The van der Waals surface area contributed by atoms with Gasteiger partial charge in [-0.25, -0.2) is 0 Å². The summed E-state index contributed by atoms with van der Waals surface area (Å²) in [5, 5.41) is 16.2. The van der Waals surface area contributed by atoms with Gasteiger partial charge in [-0.3, -0.25) is 14.1 Å².